The van der Waals surface area contributed by atoms with Crippen molar-refractivity contribution in [3.63, 3.8) is 0 Å². The highest BCUT2D eigenvalue weighted by Crippen LogP contribution is 2.18. The van der Waals surface area contributed by atoms with Gasteiger partial charge < -0.3 is 19.9 Å². The van der Waals surface area contributed by atoms with Crippen LogP contribution in [0.1, 0.15) is 25.8 Å². The fourth-order valence-electron chi connectivity index (χ4n) is 3.85. The number of hydrogen-bond donors (Lipinski definition) is 2. The molecule has 0 saturated carbocycles. The molecule has 172 valence electrons. The van der Waals surface area contributed by atoms with Gasteiger partial charge in [-0.3, -0.25) is 4.99 Å². The lowest BCUT2D eigenvalue weighted by Crippen LogP contribution is -2.54. The maximum atomic E-state index is 12.5. The van der Waals surface area contributed by atoms with Crippen molar-refractivity contribution < 1.29 is 13.2 Å². The first-order chi connectivity index (χ1) is 14.9. The third kappa shape index (κ3) is 6.44. The minimum absolute atomic E-state index is 0.0337. The van der Waals surface area contributed by atoms with Gasteiger partial charge in [0.1, 0.15) is 0 Å². The van der Waals surface area contributed by atoms with Crippen LogP contribution in [-0.2, 0) is 21.2 Å². The Kier molecular flexibility index (Phi) is 8.34. The Balaban J connectivity index is 1.42. The number of piperazine rings is 1. The van der Waals surface area contributed by atoms with E-state index in [9.17, 15) is 8.42 Å². The summed E-state index contributed by atoms with van der Waals surface area (Å²) in [4.78, 5) is 9.84. The van der Waals surface area contributed by atoms with Crippen molar-refractivity contribution in [1.29, 1.82) is 0 Å². The third-order valence-electron chi connectivity index (χ3n) is 5.52. The predicted octanol–water partition coefficient (Wildman–Crippen LogP) is 2.05. The van der Waals surface area contributed by atoms with Gasteiger partial charge in [0.05, 0.1) is 18.5 Å². The van der Waals surface area contributed by atoms with E-state index in [0.29, 0.717) is 26.2 Å². The summed E-state index contributed by atoms with van der Waals surface area (Å²) >= 11 is 0. The molecule has 31 heavy (non-hydrogen) atoms. The Hall–Kier alpha value is -2.10. The van der Waals surface area contributed by atoms with Crippen molar-refractivity contribution in [3.05, 3.63) is 36.0 Å². The van der Waals surface area contributed by atoms with E-state index < -0.39 is 10.0 Å². The summed E-state index contributed by atoms with van der Waals surface area (Å²) < 4.78 is 32.0. The lowest BCUT2D eigenvalue weighted by molar-refractivity contribution is 0.0904. The Morgan fingerprint density at radius 1 is 1.23 bits per heavy atom. The van der Waals surface area contributed by atoms with Crippen LogP contribution in [0, 0.1) is 0 Å². The molecular weight excluding hydrogens is 414 g/mol. The Morgan fingerprint density at radius 2 is 1.97 bits per heavy atom. The zero-order valence-corrected chi connectivity index (χ0v) is 19.6. The topological polar surface area (TPSA) is 90.0 Å². The Labute approximate surface area is 185 Å². The van der Waals surface area contributed by atoms with E-state index in [1.807, 2.05) is 19.9 Å². The molecule has 0 radical (unpaired) electrons. The van der Waals surface area contributed by atoms with E-state index in [2.05, 4.69) is 44.6 Å². The summed E-state index contributed by atoms with van der Waals surface area (Å²) in [5, 5.41) is 4.71. The first-order valence-corrected chi connectivity index (χ1v) is 12.6. The number of benzene rings is 1. The SMILES string of the molecule is CN=C(NCCCc1c[nH]c2ccccc12)N1CCN(S(=O)(=O)CCOC(C)C)CC1. The van der Waals surface area contributed by atoms with Crippen molar-refractivity contribution in [2.45, 2.75) is 32.8 Å². The molecule has 0 bridgehead atoms. The number of aryl methyl sites for hydroxylation is 1. The van der Waals surface area contributed by atoms with E-state index in [-0.39, 0.29) is 18.5 Å². The number of aromatic nitrogens is 1. The number of hydrogen-bond acceptors (Lipinski definition) is 4. The second-order valence-corrected chi connectivity index (χ2v) is 10.1. The zero-order chi connectivity index (χ0) is 22.3. The molecule has 2 N–H and O–H groups in total. The summed E-state index contributed by atoms with van der Waals surface area (Å²) in [6.45, 7) is 7.07. The zero-order valence-electron chi connectivity index (χ0n) is 18.8. The lowest BCUT2D eigenvalue weighted by atomic mass is 10.1. The predicted molar refractivity (Wildman–Crippen MR) is 126 cm³/mol. The highest BCUT2D eigenvalue weighted by molar-refractivity contribution is 7.89. The first kappa shape index (κ1) is 23.6. The van der Waals surface area contributed by atoms with Crippen molar-refractivity contribution >= 4 is 26.9 Å². The lowest BCUT2D eigenvalue weighted by Gasteiger charge is -2.35. The molecular formula is C22H35N5O3S. The largest absolute Gasteiger partial charge is 0.378 e. The van der Waals surface area contributed by atoms with Gasteiger partial charge in [0.25, 0.3) is 0 Å². The molecule has 1 fully saturated rings. The Bertz CT molecular complexity index is 962. The Morgan fingerprint density at radius 3 is 2.68 bits per heavy atom. The van der Waals surface area contributed by atoms with E-state index in [4.69, 9.17) is 4.74 Å². The van der Waals surface area contributed by atoms with Crippen molar-refractivity contribution in [1.82, 2.24) is 19.5 Å². The summed E-state index contributed by atoms with van der Waals surface area (Å²) in [6, 6.07) is 8.35. The number of rotatable bonds is 9. The molecule has 8 nitrogen and oxygen atoms in total. The van der Waals surface area contributed by atoms with E-state index >= 15 is 0 Å². The summed E-state index contributed by atoms with van der Waals surface area (Å²) in [6.07, 6.45) is 4.10. The number of aromatic amines is 1. The number of nitrogens with one attached hydrogen (secondary N) is 2. The van der Waals surface area contributed by atoms with Gasteiger partial charge in [0.15, 0.2) is 5.96 Å². The van der Waals surface area contributed by atoms with Gasteiger partial charge in [-0.2, -0.15) is 4.31 Å². The summed E-state index contributed by atoms with van der Waals surface area (Å²) in [7, 11) is -1.51. The molecule has 0 atom stereocenters. The van der Waals surface area contributed by atoms with Gasteiger partial charge in [-0.15, -0.1) is 0 Å². The smallest absolute Gasteiger partial charge is 0.216 e. The average molecular weight is 450 g/mol. The standard InChI is InChI=1S/C22H35N5O3S/c1-18(2)30-15-16-31(28,29)27-13-11-26(12-14-27)22(23-3)24-10-6-7-19-17-25-21-9-5-4-8-20(19)21/h4-5,8-9,17-18,25H,6-7,10-16H2,1-3H3,(H,23,24). The van der Waals surface area contributed by atoms with Gasteiger partial charge in [0, 0.05) is 56.9 Å². The molecule has 1 aromatic heterocycles. The van der Waals surface area contributed by atoms with Crippen LogP contribution in [-0.4, -0.2) is 86.8 Å². The first-order valence-electron chi connectivity index (χ1n) is 11.0. The average Bonchev–Trinajstić information content (AvgIpc) is 3.17. The van der Waals surface area contributed by atoms with E-state index in [1.165, 1.54) is 16.5 Å². The second-order valence-electron chi connectivity index (χ2n) is 8.06. The minimum atomic E-state index is -3.28. The van der Waals surface area contributed by atoms with Gasteiger partial charge >= 0.3 is 0 Å². The summed E-state index contributed by atoms with van der Waals surface area (Å²) in [5.74, 6) is 0.866. The molecule has 1 saturated heterocycles. The van der Waals surface area contributed by atoms with E-state index in [1.54, 1.807) is 11.4 Å². The number of sulfonamides is 1. The van der Waals surface area contributed by atoms with Crippen molar-refractivity contribution in [2.24, 2.45) is 4.99 Å². The van der Waals surface area contributed by atoms with Gasteiger partial charge in [-0.05, 0) is 38.3 Å². The number of H-pyrrole nitrogens is 1. The molecule has 1 aliphatic heterocycles. The number of aliphatic imine (C=N–C) groups is 1. The molecule has 9 heteroatoms. The van der Waals surface area contributed by atoms with Crippen LogP contribution in [0.3, 0.4) is 0 Å². The maximum Gasteiger partial charge on any atom is 0.216 e. The van der Waals surface area contributed by atoms with Crippen LogP contribution in [0.5, 0.6) is 0 Å². The van der Waals surface area contributed by atoms with Crippen LogP contribution in [0.2, 0.25) is 0 Å². The maximum absolute atomic E-state index is 12.5. The van der Waals surface area contributed by atoms with Crippen LogP contribution < -0.4 is 5.32 Å². The van der Waals surface area contributed by atoms with Crippen molar-refractivity contribution in [2.75, 3.05) is 52.1 Å². The van der Waals surface area contributed by atoms with Gasteiger partial charge in [-0.1, -0.05) is 18.2 Å². The van der Waals surface area contributed by atoms with Gasteiger partial charge in [0.2, 0.25) is 10.0 Å². The molecule has 2 aromatic rings. The fraction of sp³-hybridized carbons (Fsp3) is 0.591. The fourth-order valence-corrected chi connectivity index (χ4v) is 5.13. The molecule has 1 aromatic carbocycles. The molecule has 0 aliphatic carbocycles. The molecule has 3 rings (SSSR count). The van der Waals surface area contributed by atoms with Crippen LogP contribution in [0.4, 0.5) is 0 Å². The molecule has 2 heterocycles. The minimum Gasteiger partial charge on any atom is -0.378 e. The summed E-state index contributed by atoms with van der Waals surface area (Å²) in [5.41, 5.74) is 2.50. The van der Waals surface area contributed by atoms with Gasteiger partial charge in [-0.25, -0.2) is 8.42 Å². The van der Waals surface area contributed by atoms with Crippen LogP contribution in [0.25, 0.3) is 10.9 Å². The third-order valence-corrected chi connectivity index (χ3v) is 7.35. The highest BCUT2D eigenvalue weighted by Gasteiger charge is 2.27. The number of guanidine groups is 1. The second kappa shape index (κ2) is 11.0. The number of fused-ring (bicyclic) bond motifs is 1. The van der Waals surface area contributed by atoms with Crippen LogP contribution in [0.15, 0.2) is 35.5 Å². The molecule has 0 amide bonds. The van der Waals surface area contributed by atoms with E-state index in [0.717, 1.165) is 25.3 Å². The molecule has 0 unspecified atom stereocenters. The molecule has 0 spiro atoms. The molecule has 1 aliphatic rings. The number of para-hydroxylation sites is 1. The number of ether oxygens (including phenoxy) is 1. The monoisotopic (exact) mass is 449 g/mol. The van der Waals surface area contributed by atoms with Crippen molar-refractivity contribution in [3.8, 4) is 0 Å². The quantitative estimate of drug-likeness (QED) is 0.347. The highest BCUT2D eigenvalue weighted by atomic mass is 32.2. The van der Waals surface area contributed by atoms with Crippen LogP contribution >= 0.6 is 0 Å². The normalized spacial score (nSPS) is 16.4. The number of nitrogens with zero attached hydrogens (tertiary/aromatic N) is 3.